The Balaban J connectivity index is 2.36. The molecule has 1 unspecified atom stereocenters. The third-order valence-corrected chi connectivity index (χ3v) is 2.64. The van der Waals surface area contributed by atoms with Crippen molar-refractivity contribution in [3.63, 3.8) is 0 Å². The molecule has 1 atom stereocenters. The van der Waals surface area contributed by atoms with Gasteiger partial charge in [0, 0.05) is 5.39 Å². The standard InChI is InChI=1S/C12H9NO2/c1-7-11-9(12(14)15-7)6-8-4-2-3-5-10(8)13-11/h2-7H,1H3. The zero-order valence-electron chi connectivity index (χ0n) is 8.23. The fourth-order valence-electron chi connectivity index (χ4n) is 1.88. The van der Waals surface area contributed by atoms with Crippen LogP contribution in [-0.2, 0) is 4.74 Å². The van der Waals surface area contributed by atoms with Gasteiger partial charge in [0.1, 0.15) is 6.10 Å². The second-order valence-corrected chi connectivity index (χ2v) is 3.66. The first-order valence-corrected chi connectivity index (χ1v) is 4.86. The third-order valence-electron chi connectivity index (χ3n) is 2.64. The van der Waals surface area contributed by atoms with Gasteiger partial charge in [-0.2, -0.15) is 0 Å². The summed E-state index contributed by atoms with van der Waals surface area (Å²) in [7, 11) is 0. The highest BCUT2D eigenvalue weighted by molar-refractivity contribution is 5.97. The van der Waals surface area contributed by atoms with Crippen molar-refractivity contribution in [2.24, 2.45) is 0 Å². The maximum absolute atomic E-state index is 11.5. The number of hydrogen-bond donors (Lipinski definition) is 0. The van der Waals surface area contributed by atoms with Crippen LogP contribution in [0.4, 0.5) is 0 Å². The van der Waals surface area contributed by atoms with Crippen molar-refractivity contribution in [1.82, 2.24) is 4.98 Å². The third kappa shape index (κ3) is 1.13. The van der Waals surface area contributed by atoms with E-state index in [9.17, 15) is 4.79 Å². The van der Waals surface area contributed by atoms with Crippen molar-refractivity contribution >= 4 is 16.9 Å². The number of ether oxygens (including phenoxy) is 1. The zero-order chi connectivity index (χ0) is 10.4. The van der Waals surface area contributed by atoms with E-state index >= 15 is 0 Å². The van der Waals surface area contributed by atoms with Gasteiger partial charge < -0.3 is 4.74 Å². The summed E-state index contributed by atoms with van der Waals surface area (Å²) < 4.78 is 5.10. The Bertz CT molecular complexity index is 563. The lowest BCUT2D eigenvalue weighted by Gasteiger charge is -2.02. The van der Waals surface area contributed by atoms with Crippen molar-refractivity contribution in [3.8, 4) is 0 Å². The van der Waals surface area contributed by atoms with Crippen molar-refractivity contribution < 1.29 is 9.53 Å². The van der Waals surface area contributed by atoms with Crippen LogP contribution in [0.15, 0.2) is 30.3 Å². The molecule has 0 bridgehead atoms. The Labute approximate surface area is 86.7 Å². The molecule has 3 rings (SSSR count). The van der Waals surface area contributed by atoms with Gasteiger partial charge in [0.15, 0.2) is 0 Å². The van der Waals surface area contributed by atoms with E-state index in [0.29, 0.717) is 5.56 Å². The molecule has 1 aromatic heterocycles. The summed E-state index contributed by atoms with van der Waals surface area (Å²) in [6.45, 7) is 1.84. The van der Waals surface area contributed by atoms with Crippen LogP contribution in [-0.4, -0.2) is 11.0 Å². The molecule has 0 saturated carbocycles. The van der Waals surface area contributed by atoms with E-state index in [1.807, 2.05) is 37.3 Å². The second-order valence-electron chi connectivity index (χ2n) is 3.66. The first kappa shape index (κ1) is 8.41. The number of nitrogens with zero attached hydrogens (tertiary/aromatic N) is 1. The molecule has 0 fully saturated rings. The molecule has 1 aliphatic rings. The highest BCUT2D eigenvalue weighted by Crippen LogP contribution is 2.30. The van der Waals surface area contributed by atoms with Crippen molar-refractivity contribution in [2.75, 3.05) is 0 Å². The van der Waals surface area contributed by atoms with E-state index in [1.165, 1.54) is 0 Å². The number of cyclic esters (lactones) is 1. The predicted octanol–water partition coefficient (Wildman–Crippen LogP) is 2.47. The van der Waals surface area contributed by atoms with Crippen LogP contribution in [0.5, 0.6) is 0 Å². The topological polar surface area (TPSA) is 39.2 Å². The fraction of sp³-hybridized carbons (Fsp3) is 0.167. The van der Waals surface area contributed by atoms with Gasteiger partial charge in [-0.15, -0.1) is 0 Å². The zero-order valence-corrected chi connectivity index (χ0v) is 8.23. The molecular formula is C12H9NO2. The van der Waals surface area contributed by atoms with Crippen LogP contribution >= 0.6 is 0 Å². The molecule has 0 amide bonds. The number of aromatic nitrogens is 1. The molecule has 74 valence electrons. The Morgan fingerprint density at radius 1 is 1.33 bits per heavy atom. The Kier molecular flexibility index (Phi) is 1.57. The maximum Gasteiger partial charge on any atom is 0.340 e. The van der Waals surface area contributed by atoms with Gasteiger partial charge in [-0.3, -0.25) is 0 Å². The summed E-state index contributed by atoms with van der Waals surface area (Å²) in [6, 6.07) is 9.59. The van der Waals surface area contributed by atoms with Gasteiger partial charge in [0.2, 0.25) is 0 Å². The number of fused-ring (bicyclic) bond motifs is 2. The molecule has 1 aliphatic heterocycles. The lowest BCUT2D eigenvalue weighted by molar-refractivity contribution is 0.0418. The Morgan fingerprint density at radius 3 is 3.00 bits per heavy atom. The summed E-state index contributed by atoms with van der Waals surface area (Å²) >= 11 is 0. The number of hydrogen-bond acceptors (Lipinski definition) is 3. The first-order chi connectivity index (χ1) is 7.25. The Hall–Kier alpha value is -1.90. The molecule has 3 nitrogen and oxygen atoms in total. The smallest absolute Gasteiger partial charge is 0.340 e. The molecule has 0 N–H and O–H groups in total. The van der Waals surface area contributed by atoms with E-state index in [2.05, 4.69) is 4.98 Å². The van der Waals surface area contributed by atoms with Gasteiger partial charge in [-0.05, 0) is 19.1 Å². The minimum Gasteiger partial charge on any atom is -0.452 e. The highest BCUT2D eigenvalue weighted by Gasteiger charge is 2.29. The lowest BCUT2D eigenvalue weighted by atomic mass is 10.1. The summed E-state index contributed by atoms with van der Waals surface area (Å²) in [4.78, 5) is 15.9. The van der Waals surface area contributed by atoms with Gasteiger partial charge >= 0.3 is 5.97 Å². The summed E-state index contributed by atoms with van der Waals surface area (Å²) in [5, 5.41) is 0.974. The van der Waals surface area contributed by atoms with Crippen LogP contribution < -0.4 is 0 Å². The molecule has 0 radical (unpaired) electrons. The van der Waals surface area contributed by atoms with E-state index in [-0.39, 0.29) is 12.1 Å². The highest BCUT2D eigenvalue weighted by atomic mass is 16.5. The van der Waals surface area contributed by atoms with Gasteiger partial charge in [0.05, 0.1) is 16.8 Å². The number of benzene rings is 1. The molecular weight excluding hydrogens is 190 g/mol. The molecule has 0 saturated heterocycles. The maximum atomic E-state index is 11.5. The minimum atomic E-state index is -0.268. The van der Waals surface area contributed by atoms with Gasteiger partial charge in [-0.25, -0.2) is 9.78 Å². The van der Waals surface area contributed by atoms with Crippen molar-refractivity contribution in [2.45, 2.75) is 13.0 Å². The van der Waals surface area contributed by atoms with Crippen LogP contribution in [0, 0.1) is 0 Å². The molecule has 3 heteroatoms. The Morgan fingerprint density at radius 2 is 2.13 bits per heavy atom. The molecule has 2 aromatic rings. The SMILES string of the molecule is CC1OC(=O)c2cc3ccccc3nc21. The number of esters is 1. The van der Waals surface area contributed by atoms with Gasteiger partial charge in [0.25, 0.3) is 0 Å². The number of carbonyl (C=O) groups is 1. The van der Waals surface area contributed by atoms with Crippen molar-refractivity contribution in [1.29, 1.82) is 0 Å². The average molecular weight is 199 g/mol. The van der Waals surface area contributed by atoms with E-state index in [4.69, 9.17) is 4.74 Å². The predicted molar refractivity (Wildman–Crippen MR) is 55.6 cm³/mol. The van der Waals surface area contributed by atoms with Crippen LogP contribution in [0.1, 0.15) is 29.1 Å². The lowest BCUT2D eigenvalue weighted by Crippen LogP contribution is -1.94. The number of rotatable bonds is 0. The molecule has 1 aromatic carbocycles. The van der Waals surface area contributed by atoms with Crippen LogP contribution in [0.2, 0.25) is 0 Å². The monoisotopic (exact) mass is 199 g/mol. The van der Waals surface area contributed by atoms with Crippen LogP contribution in [0.25, 0.3) is 10.9 Å². The van der Waals surface area contributed by atoms with E-state index in [1.54, 1.807) is 0 Å². The average Bonchev–Trinajstić information content (AvgIpc) is 2.52. The van der Waals surface area contributed by atoms with E-state index < -0.39 is 0 Å². The largest absolute Gasteiger partial charge is 0.452 e. The molecule has 0 aliphatic carbocycles. The second kappa shape index (κ2) is 2.79. The van der Waals surface area contributed by atoms with E-state index in [0.717, 1.165) is 16.6 Å². The normalized spacial score (nSPS) is 19.0. The summed E-state index contributed by atoms with van der Waals surface area (Å²) in [6.07, 6.45) is -0.225. The van der Waals surface area contributed by atoms with Crippen molar-refractivity contribution in [3.05, 3.63) is 41.6 Å². The number of para-hydroxylation sites is 1. The van der Waals surface area contributed by atoms with Gasteiger partial charge in [-0.1, -0.05) is 18.2 Å². The first-order valence-electron chi connectivity index (χ1n) is 4.86. The summed E-state index contributed by atoms with van der Waals surface area (Å²) in [5.41, 5.74) is 2.25. The minimum absolute atomic E-state index is 0.225. The summed E-state index contributed by atoms with van der Waals surface area (Å²) in [5.74, 6) is -0.268. The quantitative estimate of drug-likeness (QED) is 0.612. The fourth-order valence-corrected chi connectivity index (χ4v) is 1.88. The van der Waals surface area contributed by atoms with Crippen LogP contribution in [0.3, 0.4) is 0 Å². The molecule has 0 spiro atoms. The number of pyridine rings is 1. The molecule has 2 heterocycles. The molecule has 15 heavy (non-hydrogen) atoms. The number of carbonyl (C=O) groups excluding carboxylic acids is 1.